The van der Waals surface area contributed by atoms with Crippen LogP contribution < -0.4 is 15.6 Å². The van der Waals surface area contributed by atoms with Gasteiger partial charge in [0.25, 0.3) is 11.8 Å². The molecule has 0 bridgehead atoms. The molecule has 2 aromatic rings. The van der Waals surface area contributed by atoms with Gasteiger partial charge < -0.3 is 9.47 Å². The molecule has 1 atom stereocenters. The third kappa shape index (κ3) is 4.81. The second-order valence-electron chi connectivity index (χ2n) is 5.74. The average molecular weight is 340 g/mol. The van der Waals surface area contributed by atoms with Crippen molar-refractivity contribution in [1.29, 1.82) is 0 Å². The highest BCUT2D eigenvalue weighted by atomic mass is 16.5. The molecule has 6 nitrogen and oxygen atoms in total. The summed E-state index contributed by atoms with van der Waals surface area (Å²) in [5.74, 6) is -0.0826. The Morgan fingerprint density at radius 1 is 0.960 bits per heavy atom. The molecule has 2 aromatic carbocycles. The van der Waals surface area contributed by atoms with Crippen molar-refractivity contribution in [3.8, 4) is 5.75 Å². The topological polar surface area (TPSA) is 76.7 Å². The van der Waals surface area contributed by atoms with Crippen LogP contribution in [0.3, 0.4) is 0 Å². The minimum absolute atomic E-state index is 0.149. The first-order valence-corrected chi connectivity index (χ1v) is 8.22. The normalized spacial score (nSPS) is 16.2. The Kier molecular flexibility index (Phi) is 5.64. The number of hydrogen-bond donors (Lipinski definition) is 2. The Hall–Kier alpha value is -2.86. The van der Waals surface area contributed by atoms with Crippen LogP contribution in [-0.4, -0.2) is 31.1 Å². The van der Waals surface area contributed by atoms with Gasteiger partial charge in [0.2, 0.25) is 0 Å². The van der Waals surface area contributed by atoms with Crippen LogP contribution >= 0.6 is 0 Å². The van der Waals surface area contributed by atoms with Gasteiger partial charge in [-0.3, -0.25) is 20.4 Å². The number of ether oxygens (including phenoxy) is 2. The lowest BCUT2D eigenvalue weighted by atomic mass is 10.2. The Morgan fingerprint density at radius 3 is 2.20 bits per heavy atom. The second-order valence-corrected chi connectivity index (χ2v) is 5.74. The van der Waals surface area contributed by atoms with E-state index in [0.717, 1.165) is 19.4 Å². The fourth-order valence-corrected chi connectivity index (χ4v) is 2.51. The molecule has 1 aliphatic rings. The van der Waals surface area contributed by atoms with Gasteiger partial charge in [-0.15, -0.1) is 0 Å². The van der Waals surface area contributed by atoms with Crippen LogP contribution in [0.5, 0.6) is 5.75 Å². The third-order valence-electron chi connectivity index (χ3n) is 3.90. The van der Waals surface area contributed by atoms with Gasteiger partial charge in [0.15, 0.2) is 0 Å². The van der Waals surface area contributed by atoms with Crippen molar-refractivity contribution in [3.63, 3.8) is 0 Å². The lowest BCUT2D eigenvalue weighted by Gasteiger charge is -2.12. The number of rotatable bonds is 5. The quantitative estimate of drug-likeness (QED) is 0.819. The summed E-state index contributed by atoms with van der Waals surface area (Å²) in [6, 6.07) is 15.4. The average Bonchev–Trinajstić information content (AvgIpc) is 3.19. The molecule has 1 heterocycles. The van der Waals surface area contributed by atoms with Crippen molar-refractivity contribution in [1.82, 2.24) is 10.9 Å². The molecular weight excluding hydrogens is 320 g/mol. The molecule has 25 heavy (non-hydrogen) atoms. The largest absolute Gasteiger partial charge is 0.491 e. The van der Waals surface area contributed by atoms with Crippen molar-refractivity contribution in [2.45, 2.75) is 18.9 Å². The number of hydrogen-bond acceptors (Lipinski definition) is 4. The van der Waals surface area contributed by atoms with Gasteiger partial charge >= 0.3 is 0 Å². The van der Waals surface area contributed by atoms with E-state index in [0.29, 0.717) is 23.5 Å². The Balaban J connectivity index is 1.47. The van der Waals surface area contributed by atoms with Crippen molar-refractivity contribution in [3.05, 3.63) is 65.7 Å². The van der Waals surface area contributed by atoms with Crippen molar-refractivity contribution in [2.24, 2.45) is 0 Å². The number of carbonyl (C=O) groups excluding carboxylic acids is 2. The predicted octanol–water partition coefficient (Wildman–Crippen LogP) is 2.32. The SMILES string of the molecule is O=C(NNC(=O)c1ccc(OCC2CCCO2)cc1)c1ccccc1. The maximum Gasteiger partial charge on any atom is 0.269 e. The molecule has 1 aliphatic heterocycles. The number of benzene rings is 2. The van der Waals surface area contributed by atoms with Crippen LogP contribution in [0.15, 0.2) is 54.6 Å². The number of carbonyl (C=O) groups is 2. The van der Waals surface area contributed by atoms with Crippen LogP contribution in [0.2, 0.25) is 0 Å². The van der Waals surface area contributed by atoms with Gasteiger partial charge in [0.1, 0.15) is 12.4 Å². The van der Waals surface area contributed by atoms with Gasteiger partial charge in [-0.1, -0.05) is 18.2 Å². The highest BCUT2D eigenvalue weighted by molar-refractivity contribution is 5.99. The first-order valence-electron chi connectivity index (χ1n) is 8.22. The monoisotopic (exact) mass is 340 g/mol. The maximum absolute atomic E-state index is 12.1. The molecule has 0 spiro atoms. The highest BCUT2D eigenvalue weighted by Gasteiger charge is 2.16. The standard InChI is InChI=1S/C19H20N2O4/c22-18(14-5-2-1-3-6-14)20-21-19(23)15-8-10-16(11-9-15)25-13-17-7-4-12-24-17/h1-3,5-6,8-11,17H,4,7,12-13H2,(H,20,22)(H,21,23). The smallest absolute Gasteiger partial charge is 0.269 e. The highest BCUT2D eigenvalue weighted by Crippen LogP contribution is 2.16. The van der Waals surface area contributed by atoms with Crippen LogP contribution in [0.25, 0.3) is 0 Å². The fraction of sp³-hybridized carbons (Fsp3) is 0.263. The Labute approximate surface area is 146 Å². The van der Waals surface area contributed by atoms with Crippen molar-refractivity contribution < 1.29 is 19.1 Å². The molecule has 0 radical (unpaired) electrons. The molecule has 3 rings (SSSR count). The molecule has 1 saturated heterocycles. The molecule has 2 N–H and O–H groups in total. The molecule has 0 aliphatic carbocycles. The van der Waals surface area contributed by atoms with Gasteiger partial charge in [-0.05, 0) is 49.2 Å². The Morgan fingerprint density at radius 2 is 1.60 bits per heavy atom. The summed E-state index contributed by atoms with van der Waals surface area (Å²) in [6.45, 7) is 1.31. The molecule has 130 valence electrons. The van der Waals surface area contributed by atoms with E-state index in [1.165, 1.54) is 0 Å². The van der Waals surface area contributed by atoms with Crippen LogP contribution in [0.4, 0.5) is 0 Å². The molecule has 6 heteroatoms. The van der Waals surface area contributed by atoms with E-state index in [4.69, 9.17) is 9.47 Å². The Bertz CT molecular complexity index is 710. The lowest BCUT2D eigenvalue weighted by Crippen LogP contribution is -2.41. The van der Waals surface area contributed by atoms with E-state index < -0.39 is 5.91 Å². The van der Waals surface area contributed by atoms with Crippen LogP contribution in [0, 0.1) is 0 Å². The second kappa shape index (κ2) is 8.30. The minimum Gasteiger partial charge on any atom is -0.491 e. The zero-order valence-corrected chi connectivity index (χ0v) is 13.7. The molecular formula is C19H20N2O4. The van der Waals surface area contributed by atoms with E-state index in [1.54, 1.807) is 48.5 Å². The summed E-state index contributed by atoms with van der Waals surface area (Å²) in [7, 11) is 0. The van der Waals surface area contributed by atoms with Gasteiger partial charge in [0.05, 0.1) is 6.10 Å². The third-order valence-corrected chi connectivity index (χ3v) is 3.90. The summed E-state index contributed by atoms with van der Waals surface area (Å²) < 4.78 is 11.2. The zero-order chi connectivity index (χ0) is 17.5. The van der Waals surface area contributed by atoms with E-state index in [9.17, 15) is 9.59 Å². The molecule has 0 saturated carbocycles. The van der Waals surface area contributed by atoms with Gasteiger partial charge in [0, 0.05) is 17.7 Å². The summed E-state index contributed by atoms with van der Waals surface area (Å²) in [5.41, 5.74) is 5.68. The van der Waals surface area contributed by atoms with Gasteiger partial charge in [-0.25, -0.2) is 0 Å². The summed E-state index contributed by atoms with van der Waals surface area (Å²) in [4.78, 5) is 24.0. The molecule has 2 amide bonds. The van der Waals surface area contributed by atoms with Crippen molar-refractivity contribution >= 4 is 11.8 Å². The van der Waals surface area contributed by atoms with E-state index >= 15 is 0 Å². The minimum atomic E-state index is -0.394. The fourth-order valence-electron chi connectivity index (χ4n) is 2.51. The number of nitrogens with one attached hydrogen (secondary N) is 2. The van der Waals surface area contributed by atoms with Crippen LogP contribution in [-0.2, 0) is 4.74 Å². The number of hydrazine groups is 1. The van der Waals surface area contributed by atoms with E-state index in [-0.39, 0.29) is 12.0 Å². The van der Waals surface area contributed by atoms with Crippen LogP contribution in [0.1, 0.15) is 33.6 Å². The maximum atomic E-state index is 12.1. The zero-order valence-electron chi connectivity index (χ0n) is 13.7. The van der Waals surface area contributed by atoms with Gasteiger partial charge in [-0.2, -0.15) is 0 Å². The van der Waals surface area contributed by atoms with Crippen molar-refractivity contribution in [2.75, 3.05) is 13.2 Å². The molecule has 1 fully saturated rings. The summed E-state index contributed by atoms with van der Waals surface area (Å²) in [5, 5.41) is 0. The first kappa shape index (κ1) is 17.0. The number of amides is 2. The summed E-state index contributed by atoms with van der Waals surface area (Å²) in [6.07, 6.45) is 2.24. The predicted molar refractivity (Wildman–Crippen MR) is 92.3 cm³/mol. The molecule has 0 aromatic heterocycles. The lowest BCUT2D eigenvalue weighted by molar-refractivity contribution is 0.0679. The first-order chi connectivity index (χ1) is 12.2. The molecule has 1 unspecified atom stereocenters. The summed E-state index contributed by atoms with van der Waals surface area (Å²) >= 11 is 0. The van der Waals surface area contributed by atoms with E-state index in [2.05, 4.69) is 10.9 Å². The van der Waals surface area contributed by atoms with E-state index in [1.807, 2.05) is 6.07 Å².